The number of nitro groups is 1. The summed E-state index contributed by atoms with van der Waals surface area (Å²) in [6, 6.07) is 12.9. The molecule has 1 aliphatic heterocycles. The molecular weight excluding hydrogens is 438 g/mol. The lowest BCUT2D eigenvalue weighted by molar-refractivity contribution is -0.384. The summed E-state index contributed by atoms with van der Waals surface area (Å²) in [6.07, 6.45) is 1.22. The second-order valence-electron chi connectivity index (χ2n) is 6.87. The number of nitro benzene ring substituents is 1. The second kappa shape index (κ2) is 8.12. The van der Waals surface area contributed by atoms with E-state index in [0.717, 1.165) is 4.90 Å². The Labute approximate surface area is 186 Å². The summed E-state index contributed by atoms with van der Waals surface area (Å²) in [4.78, 5) is 48.9. The van der Waals surface area contributed by atoms with Crippen molar-refractivity contribution < 1.29 is 23.7 Å². The fraction of sp³-hybridized carbons (Fsp3) is 0.0455. The van der Waals surface area contributed by atoms with Crippen LogP contribution in [-0.4, -0.2) is 22.8 Å². The number of anilines is 1. The molecule has 2 aromatic carbocycles. The van der Waals surface area contributed by atoms with E-state index < -0.39 is 22.8 Å². The van der Waals surface area contributed by atoms with E-state index in [1.165, 1.54) is 30.3 Å². The highest BCUT2D eigenvalue weighted by atomic mass is 35.5. The smallest absolute Gasteiger partial charge is 0.335 e. The highest BCUT2D eigenvalue weighted by molar-refractivity contribution is 6.39. The fourth-order valence-corrected chi connectivity index (χ4v) is 3.49. The van der Waals surface area contributed by atoms with Crippen LogP contribution in [0.2, 0.25) is 5.02 Å². The summed E-state index contributed by atoms with van der Waals surface area (Å²) in [5.41, 5.74) is 0.976. The Morgan fingerprint density at radius 3 is 2.53 bits per heavy atom. The molecule has 0 bridgehead atoms. The Hall–Kier alpha value is -4.24. The number of halogens is 1. The molecule has 0 spiro atoms. The van der Waals surface area contributed by atoms with Gasteiger partial charge < -0.3 is 4.42 Å². The van der Waals surface area contributed by atoms with Crippen molar-refractivity contribution in [2.75, 3.05) is 4.90 Å². The first-order valence-corrected chi connectivity index (χ1v) is 9.65. The van der Waals surface area contributed by atoms with Gasteiger partial charge in [0.1, 0.15) is 17.1 Å². The molecule has 0 saturated carbocycles. The molecule has 0 aliphatic carbocycles. The molecule has 2 heterocycles. The molecule has 0 atom stereocenters. The number of furan rings is 1. The van der Waals surface area contributed by atoms with Gasteiger partial charge >= 0.3 is 6.03 Å². The molecule has 0 radical (unpaired) electrons. The van der Waals surface area contributed by atoms with Crippen molar-refractivity contribution in [3.63, 3.8) is 0 Å². The van der Waals surface area contributed by atoms with Crippen LogP contribution >= 0.6 is 11.6 Å². The molecule has 0 unspecified atom stereocenters. The van der Waals surface area contributed by atoms with Crippen molar-refractivity contribution in [3.05, 3.63) is 86.6 Å². The number of nitrogens with one attached hydrogen (secondary N) is 1. The average Bonchev–Trinajstić information content (AvgIpc) is 3.20. The predicted molar refractivity (Wildman–Crippen MR) is 116 cm³/mol. The molecule has 32 heavy (non-hydrogen) atoms. The van der Waals surface area contributed by atoms with Gasteiger partial charge in [-0.2, -0.15) is 0 Å². The van der Waals surface area contributed by atoms with Crippen LogP contribution in [0.1, 0.15) is 11.3 Å². The molecule has 160 valence electrons. The molecule has 1 aromatic heterocycles. The minimum Gasteiger partial charge on any atom is -0.457 e. The first-order chi connectivity index (χ1) is 15.3. The first kappa shape index (κ1) is 21.0. The maximum absolute atomic E-state index is 13.0. The third kappa shape index (κ3) is 3.77. The van der Waals surface area contributed by atoms with E-state index in [4.69, 9.17) is 16.0 Å². The van der Waals surface area contributed by atoms with Crippen molar-refractivity contribution in [1.29, 1.82) is 0 Å². The van der Waals surface area contributed by atoms with Gasteiger partial charge in [0.2, 0.25) is 0 Å². The van der Waals surface area contributed by atoms with Crippen LogP contribution in [0, 0.1) is 17.0 Å². The maximum atomic E-state index is 13.0. The summed E-state index contributed by atoms with van der Waals surface area (Å²) in [7, 11) is 0. The molecule has 10 heteroatoms. The quantitative estimate of drug-likeness (QED) is 0.270. The van der Waals surface area contributed by atoms with Gasteiger partial charge in [0.05, 0.1) is 15.6 Å². The third-order valence-electron chi connectivity index (χ3n) is 4.80. The van der Waals surface area contributed by atoms with Crippen LogP contribution in [0.5, 0.6) is 0 Å². The number of non-ortho nitro benzene ring substituents is 1. The Morgan fingerprint density at radius 1 is 1.09 bits per heavy atom. The van der Waals surface area contributed by atoms with Crippen molar-refractivity contribution in [3.8, 4) is 11.3 Å². The summed E-state index contributed by atoms with van der Waals surface area (Å²) < 4.78 is 5.68. The third-order valence-corrected chi connectivity index (χ3v) is 5.11. The van der Waals surface area contributed by atoms with E-state index in [1.807, 2.05) is 0 Å². The topological polar surface area (TPSA) is 123 Å². The molecule has 9 nitrogen and oxygen atoms in total. The fourth-order valence-electron chi connectivity index (χ4n) is 3.23. The highest BCUT2D eigenvalue weighted by Gasteiger charge is 2.37. The Balaban J connectivity index is 1.68. The maximum Gasteiger partial charge on any atom is 0.335 e. The predicted octanol–water partition coefficient (Wildman–Crippen LogP) is 4.48. The molecule has 1 aliphatic rings. The van der Waals surface area contributed by atoms with E-state index in [2.05, 4.69) is 5.32 Å². The van der Waals surface area contributed by atoms with Gasteiger partial charge in [-0.25, -0.2) is 9.69 Å². The van der Waals surface area contributed by atoms with Crippen molar-refractivity contribution >= 4 is 46.9 Å². The van der Waals surface area contributed by atoms with Crippen molar-refractivity contribution in [1.82, 2.24) is 5.32 Å². The van der Waals surface area contributed by atoms with Crippen LogP contribution in [0.25, 0.3) is 17.4 Å². The average molecular weight is 452 g/mol. The largest absolute Gasteiger partial charge is 0.457 e. The van der Waals surface area contributed by atoms with E-state index in [-0.39, 0.29) is 27.8 Å². The van der Waals surface area contributed by atoms with Gasteiger partial charge in [-0.3, -0.25) is 25.0 Å². The lowest BCUT2D eigenvalue weighted by Crippen LogP contribution is -2.54. The molecule has 1 N–H and O–H groups in total. The summed E-state index contributed by atoms with van der Waals surface area (Å²) in [5, 5.41) is 13.1. The number of hydrogen-bond donors (Lipinski definition) is 1. The summed E-state index contributed by atoms with van der Waals surface area (Å²) in [5.74, 6) is -1.20. The van der Waals surface area contributed by atoms with Gasteiger partial charge in [0.25, 0.3) is 17.5 Å². The first-order valence-electron chi connectivity index (χ1n) is 9.27. The molecule has 4 amide bonds. The number of barbiturate groups is 1. The standard InChI is InChI=1S/C22H14ClN3O6/c1-12-4-2-3-5-18(12)25-21(28)16(20(27)24-22(25)29)11-14-7-9-19(32-14)15-8-6-13(26(30)31)10-17(15)23/h2-11H,1H3,(H,24,27,29)/b16-11+. The molecular formula is C22H14ClN3O6. The normalized spacial score (nSPS) is 15.2. The van der Waals surface area contributed by atoms with Crippen LogP contribution in [0.15, 0.2) is 64.6 Å². The number of amides is 4. The molecule has 1 saturated heterocycles. The number of imide groups is 2. The zero-order valence-corrected chi connectivity index (χ0v) is 17.3. The lowest BCUT2D eigenvalue weighted by Gasteiger charge is -2.27. The Morgan fingerprint density at radius 2 is 1.84 bits per heavy atom. The van der Waals surface area contributed by atoms with E-state index in [9.17, 15) is 24.5 Å². The Kier molecular flexibility index (Phi) is 5.33. The number of rotatable bonds is 4. The molecule has 1 fully saturated rings. The van der Waals surface area contributed by atoms with Crippen LogP contribution < -0.4 is 10.2 Å². The second-order valence-corrected chi connectivity index (χ2v) is 7.27. The van der Waals surface area contributed by atoms with Gasteiger partial charge in [-0.1, -0.05) is 29.8 Å². The van der Waals surface area contributed by atoms with Gasteiger partial charge in [-0.15, -0.1) is 0 Å². The van der Waals surface area contributed by atoms with E-state index >= 15 is 0 Å². The number of carbonyl (C=O) groups excluding carboxylic acids is 3. The number of aryl methyl sites for hydroxylation is 1. The number of carbonyl (C=O) groups is 3. The minimum absolute atomic E-state index is 0.107. The number of nitrogens with zero attached hydrogens (tertiary/aromatic N) is 2. The van der Waals surface area contributed by atoms with Crippen LogP contribution in [0.3, 0.4) is 0 Å². The van der Waals surface area contributed by atoms with Gasteiger partial charge in [0, 0.05) is 17.7 Å². The molecule has 3 aromatic rings. The SMILES string of the molecule is Cc1ccccc1N1C(=O)NC(=O)/C(=C\c2ccc(-c3ccc([N+](=O)[O-])cc3Cl)o2)C1=O. The highest BCUT2D eigenvalue weighted by Crippen LogP contribution is 2.33. The number of hydrogen-bond acceptors (Lipinski definition) is 6. The zero-order valence-electron chi connectivity index (χ0n) is 16.5. The summed E-state index contributed by atoms with van der Waals surface area (Å²) in [6.45, 7) is 1.74. The van der Waals surface area contributed by atoms with Crippen LogP contribution in [-0.2, 0) is 9.59 Å². The number of para-hydroxylation sites is 1. The monoisotopic (exact) mass is 451 g/mol. The number of benzene rings is 2. The number of urea groups is 1. The van der Waals surface area contributed by atoms with Gasteiger partial charge in [0.15, 0.2) is 0 Å². The minimum atomic E-state index is -0.851. The summed E-state index contributed by atoms with van der Waals surface area (Å²) >= 11 is 6.13. The lowest BCUT2D eigenvalue weighted by atomic mass is 10.1. The van der Waals surface area contributed by atoms with Crippen molar-refractivity contribution in [2.24, 2.45) is 0 Å². The van der Waals surface area contributed by atoms with E-state index in [1.54, 1.807) is 37.3 Å². The molecule has 4 rings (SSSR count). The zero-order chi connectivity index (χ0) is 23.0. The van der Waals surface area contributed by atoms with E-state index in [0.29, 0.717) is 16.8 Å². The van der Waals surface area contributed by atoms with Crippen molar-refractivity contribution in [2.45, 2.75) is 6.92 Å². The van der Waals surface area contributed by atoms with Gasteiger partial charge in [-0.05, 0) is 42.8 Å². The van der Waals surface area contributed by atoms with Crippen LogP contribution in [0.4, 0.5) is 16.2 Å². The Bertz CT molecular complexity index is 1330.